The van der Waals surface area contributed by atoms with E-state index in [1.807, 2.05) is 6.08 Å². The molecule has 0 unspecified atom stereocenters. The lowest BCUT2D eigenvalue weighted by atomic mass is 10.1. The normalized spacial score (nSPS) is 13.0. The zero-order valence-electron chi connectivity index (χ0n) is 34.4. The first-order valence-corrected chi connectivity index (χ1v) is 23.1. The van der Waals surface area contributed by atoms with Gasteiger partial charge in [0.05, 0.1) is 6.61 Å². The highest BCUT2D eigenvalue weighted by atomic mass is 31.2. The third kappa shape index (κ3) is 42.5. The third-order valence-corrected chi connectivity index (χ3v) is 9.49. The number of phosphoric ester groups is 1. The molecule has 312 valence electrons. The van der Waals surface area contributed by atoms with Crippen LogP contribution in [-0.2, 0) is 28.2 Å². The first-order valence-electron chi connectivity index (χ1n) is 21.6. The molecule has 0 saturated heterocycles. The van der Waals surface area contributed by atoms with Crippen molar-refractivity contribution in [2.75, 3.05) is 13.2 Å². The Morgan fingerprint density at radius 2 is 0.852 bits per heavy atom. The quantitative estimate of drug-likeness (QED) is 0.0274. The van der Waals surface area contributed by atoms with Crippen molar-refractivity contribution in [3.63, 3.8) is 0 Å². The van der Waals surface area contributed by atoms with E-state index < -0.39 is 32.5 Å². The van der Waals surface area contributed by atoms with E-state index in [9.17, 15) is 14.2 Å². The van der Waals surface area contributed by atoms with Gasteiger partial charge < -0.3 is 19.3 Å². The minimum atomic E-state index is -4.77. The lowest BCUT2D eigenvalue weighted by Gasteiger charge is -2.18. The van der Waals surface area contributed by atoms with Crippen LogP contribution in [-0.4, -0.2) is 41.0 Å². The van der Waals surface area contributed by atoms with E-state index in [0.717, 1.165) is 44.9 Å². The number of carbonyl (C=O) groups excluding carboxylic acids is 2. The molecule has 0 fully saturated rings. The molecule has 1 atom stereocenters. The van der Waals surface area contributed by atoms with Gasteiger partial charge in [-0.15, -0.1) is 0 Å². The second kappa shape index (κ2) is 40.4. The van der Waals surface area contributed by atoms with Crippen LogP contribution >= 0.6 is 7.82 Å². The fourth-order valence-electron chi connectivity index (χ4n) is 5.77. The summed E-state index contributed by atoms with van der Waals surface area (Å²) in [5, 5.41) is 0. The lowest BCUT2D eigenvalue weighted by molar-refractivity contribution is -0.161. The van der Waals surface area contributed by atoms with Gasteiger partial charge in [0.25, 0.3) is 0 Å². The minimum Gasteiger partial charge on any atom is -0.462 e. The van der Waals surface area contributed by atoms with Gasteiger partial charge in [-0.3, -0.25) is 14.1 Å². The number of carbonyl (C=O) groups is 2. The predicted octanol–water partition coefficient (Wildman–Crippen LogP) is 13.3. The van der Waals surface area contributed by atoms with Gasteiger partial charge in [-0.25, -0.2) is 4.57 Å². The molecule has 0 amide bonds. The third-order valence-electron chi connectivity index (χ3n) is 9.01. The smallest absolute Gasteiger partial charge is 0.462 e. The average Bonchev–Trinajstić information content (AvgIpc) is 3.14. The largest absolute Gasteiger partial charge is 0.469 e. The highest BCUT2D eigenvalue weighted by Gasteiger charge is 2.22. The number of esters is 2. The second-order valence-corrected chi connectivity index (χ2v) is 15.5. The molecule has 2 N–H and O–H groups in total. The molecule has 0 aliphatic carbocycles. The molecular formula is C45H79O8P. The molecule has 0 saturated carbocycles. The Balaban J connectivity index is 3.99. The predicted molar refractivity (Wildman–Crippen MR) is 225 cm³/mol. The summed E-state index contributed by atoms with van der Waals surface area (Å²) in [6.45, 7) is 3.61. The zero-order chi connectivity index (χ0) is 39.6. The maximum atomic E-state index is 12.4. The summed E-state index contributed by atoms with van der Waals surface area (Å²) in [4.78, 5) is 42.9. The Labute approximate surface area is 330 Å². The molecule has 9 heteroatoms. The van der Waals surface area contributed by atoms with Crippen molar-refractivity contribution in [2.45, 2.75) is 200 Å². The molecule has 0 spiro atoms. The van der Waals surface area contributed by atoms with Gasteiger partial charge in [0.2, 0.25) is 0 Å². The SMILES string of the molecule is CCCCC/C=C\C/C=C\C/C=C\C/C=C\CCCC(=O)OC[C@H](COP(=O)(O)O)OC(=O)CCCCCCCCCCC/C=C\CCCCCCCC. The Bertz CT molecular complexity index is 1060. The van der Waals surface area contributed by atoms with E-state index >= 15 is 0 Å². The van der Waals surface area contributed by atoms with Crippen LogP contribution in [0.1, 0.15) is 194 Å². The van der Waals surface area contributed by atoms with Crippen molar-refractivity contribution < 1.29 is 37.9 Å². The maximum Gasteiger partial charge on any atom is 0.469 e. The first-order chi connectivity index (χ1) is 26.3. The van der Waals surface area contributed by atoms with Crippen LogP contribution in [0.4, 0.5) is 0 Å². The molecule has 0 aliphatic rings. The van der Waals surface area contributed by atoms with E-state index in [2.05, 4.69) is 73.1 Å². The van der Waals surface area contributed by atoms with Crippen LogP contribution in [0.3, 0.4) is 0 Å². The highest BCUT2D eigenvalue weighted by molar-refractivity contribution is 7.46. The van der Waals surface area contributed by atoms with Crippen LogP contribution in [0.5, 0.6) is 0 Å². The Kier molecular flexibility index (Phi) is 38.7. The van der Waals surface area contributed by atoms with E-state index in [1.165, 1.54) is 109 Å². The van der Waals surface area contributed by atoms with Crippen LogP contribution in [0.15, 0.2) is 60.8 Å². The molecule has 54 heavy (non-hydrogen) atoms. The second-order valence-electron chi connectivity index (χ2n) is 14.3. The molecule has 0 heterocycles. The van der Waals surface area contributed by atoms with E-state index in [1.54, 1.807) is 0 Å². The Hall–Kier alpha value is -2.25. The topological polar surface area (TPSA) is 119 Å². The van der Waals surface area contributed by atoms with Gasteiger partial charge in [0, 0.05) is 12.8 Å². The van der Waals surface area contributed by atoms with Crippen molar-refractivity contribution in [1.29, 1.82) is 0 Å². The van der Waals surface area contributed by atoms with Gasteiger partial charge in [-0.05, 0) is 77.0 Å². The van der Waals surface area contributed by atoms with Crippen LogP contribution in [0.25, 0.3) is 0 Å². The molecule has 0 aromatic carbocycles. The molecule has 0 radical (unpaired) electrons. The molecule has 0 rings (SSSR count). The summed E-state index contributed by atoms with van der Waals surface area (Å²) in [7, 11) is -4.77. The monoisotopic (exact) mass is 779 g/mol. The van der Waals surface area contributed by atoms with Crippen LogP contribution < -0.4 is 0 Å². The number of phosphoric acid groups is 1. The van der Waals surface area contributed by atoms with Crippen molar-refractivity contribution in [2.24, 2.45) is 0 Å². The van der Waals surface area contributed by atoms with E-state index in [4.69, 9.17) is 19.3 Å². The van der Waals surface area contributed by atoms with E-state index in [0.29, 0.717) is 12.8 Å². The molecule has 0 aromatic heterocycles. The molecule has 0 bridgehead atoms. The number of unbranched alkanes of at least 4 members (excludes halogenated alkanes) is 19. The number of ether oxygens (including phenoxy) is 2. The van der Waals surface area contributed by atoms with Crippen molar-refractivity contribution in [1.82, 2.24) is 0 Å². The summed E-state index contributed by atoms with van der Waals surface area (Å²) < 4.78 is 26.4. The van der Waals surface area contributed by atoms with Gasteiger partial charge in [0.15, 0.2) is 6.10 Å². The van der Waals surface area contributed by atoms with Gasteiger partial charge >= 0.3 is 19.8 Å². The average molecular weight is 779 g/mol. The number of hydrogen-bond donors (Lipinski definition) is 2. The summed E-state index contributed by atoms with van der Waals surface area (Å²) in [6, 6.07) is 0. The Morgan fingerprint density at radius 1 is 0.481 bits per heavy atom. The minimum absolute atomic E-state index is 0.189. The Morgan fingerprint density at radius 3 is 1.35 bits per heavy atom. The number of allylic oxidation sites excluding steroid dienone is 10. The van der Waals surface area contributed by atoms with E-state index in [-0.39, 0.29) is 19.4 Å². The summed E-state index contributed by atoms with van der Waals surface area (Å²) in [5.41, 5.74) is 0. The fraction of sp³-hybridized carbons (Fsp3) is 0.733. The zero-order valence-corrected chi connectivity index (χ0v) is 35.2. The summed E-state index contributed by atoms with van der Waals surface area (Å²) >= 11 is 0. The fourth-order valence-corrected chi connectivity index (χ4v) is 6.13. The van der Waals surface area contributed by atoms with Crippen LogP contribution in [0, 0.1) is 0 Å². The molecule has 0 aromatic rings. The highest BCUT2D eigenvalue weighted by Crippen LogP contribution is 2.36. The van der Waals surface area contributed by atoms with Crippen molar-refractivity contribution >= 4 is 19.8 Å². The van der Waals surface area contributed by atoms with Gasteiger partial charge in [-0.1, -0.05) is 164 Å². The summed E-state index contributed by atoms with van der Waals surface area (Å²) in [5.74, 6) is -0.953. The van der Waals surface area contributed by atoms with Crippen molar-refractivity contribution in [3.8, 4) is 0 Å². The molecule has 0 aliphatic heterocycles. The van der Waals surface area contributed by atoms with Crippen LogP contribution in [0.2, 0.25) is 0 Å². The molecular weight excluding hydrogens is 699 g/mol. The van der Waals surface area contributed by atoms with Gasteiger partial charge in [-0.2, -0.15) is 0 Å². The first kappa shape index (κ1) is 51.8. The van der Waals surface area contributed by atoms with Crippen molar-refractivity contribution in [3.05, 3.63) is 60.8 Å². The molecule has 8 nitrogen and oxygen atoms in total. The lowest BCUT2D eigenvalue weighted by Crippen LogP contribution is -2.29. The maximum absolute atomic E-state index is 12.4. The number of rotatable bonds is 39. The van der Waals surface area contributed by atoms with Gasteiger partial charge in [0.1, 0.15) is 6.61 Å². The standard InChI is InChI=1S/C45H79O8P/c1-3-5-7-9-11-13-15-17-19-21-22-24-26-28-30-32-34-36-38-40-45(47)53-43(42-52-54(48,49)50)41-51-44(46)39-37-35-33-31-29-27-25-23-20-18-16-14-12-10-8-6-4-2/h12,14,17-20,25,27,31,33,43H,3-11,13,15-16,21-24,26,28-30,32,34-42H2,1-2H3,(H2,48,49,50)/b14-12-,19-17-,20-18-,27-25-,33-31-/t43-/m1/s1. The summed E-state index contributed by atoms with van der Waals surface area (Å²) in [6.07, 6.45) is 50.9. The number of hydrogen-bond acceptors (Lipinski definition) is 6.